The molecule has 1 amide bonds. The van der Waals surface area contributed by atoms with Gasteiger partial charge in [0.05, 0.1) is 25.7 Å². The number of thioether (sulfide) groups is 1. The Kier molecular flexibility index (Phi) is 7.72. The summed E-state index contributed by atoms with van der Waals surface area (Å²) in [5.74, 6) is 1.99. The number of benzene rings is 3. The highest BCUT2D eigenvalue weighted by Crippen LogP contribution is 2.29. The molecule has 0 fully saturated rings. The molecule has 9 heteroatoms. The second-order valence-corrected chi connectivity index (χ2v) is 8.66. The molecule has 0 radical (unpaired) electrons. The Hall–Kier alpha value is -3.49. The lowest BCUT2D eigenvalue weighted by molar-refractivity contribution is -0.113. The molecule has 4 aromatic rings. The quantitative estimate of drug-likeness (QED) is 0.320. The summed E-state index contributed by atoms with van der Waals surface area (Å²) in [7, 11) is 3.17. The summed E-state index contributed by atoms with van der Waals surface area (Å²) < 4.78 is 12.6. The van der Waals surface area contributed by atoms with E-state index in [-0.39, 0.29) is 11.7 Å². The van der Waals surface area contributed by atoms with Crippen LogP contribution in [0.4, 0.5) is 5.69 Å². The number of methoxy groups -OCH3 is 2. The topological polar surface area (TPSA) is 78.3 Å². The Morgan fingerprint density at radius 2 is 1.76 bits per heavy atom. The predicted molar refractivity (Wildman–Crippen MR) is 135 cm³/mol. The van der Waals surface area contributed by atoms with Crippen LogP contribution in [-0.2, 0) is 11.2 Å². The average molecular weight is 495 g/mol. The monoisotopic (exact) mass is 494 g/mol. The summed E-state index contributed by atoms with van der Waals surface area (Å²) in [5, 5.41) is 12.8. The third kappa shape index (κ3) is 5.70. The molecule has 0 unspecified atom stereocenters. The molecule has 0 saturated carbocycles. The summed E-state index contributed by atoms with van der Waals surface area (Å²) in [6.07, 6.45) is 0.604. The normalized spacial score (nSPS) is 10.7. The second kappa shape index (κ2) is 11.1. The fraction of sp³-hybridized carbons (Fsp3) is 0.160. The lowest BCUT2D eigenvalue weighted by Gasteiger charge is -2.12. The molecule has 0 atom stereocenters. The molecule has 0 spiro atoms. The van der Waals surface area contributed by atoms with Crippen molar-refractivity contribution in [3.8, 4) is 17.2 Å². The molecule has 0 aliphatic rings. The minimum Gasteiger partial charge on any atom is -0.497 e. The summed E-state index contributed by atoms with van der Waals surface area (Å²) in [6.45, 7) is 0. The highest BCUT2D eigenvalue weighted by molar-refractivity contribution is 7.99. The summed E-state index contributed by atoms with van der Waals surface area (Å²) in [4.78, 5) is 12.7. The van der Waals surface area contributed by atoms with Crippen molar-refractivity contribution in [2.75, 3.05) is 25.3 Å². The zero-order chi connectivity index (χ0) is 23.9. The molecule has 1 N–H and O–H groups in total. The number of ether oxygens (including phenoxy) is 2. The minimum absolute atomic E-state index is 0.134. The predicted octanol–water partition coefficient (Wildman–Crippen LogP) is 5.26. The molecule has 1 aromatic heterocycles. The van der Waals surface area contributed by atoms with Gasteiger partial charge < -0.3 is 14.8 Å². The van der Waals surface area contributed by atoms with Crippen molar-refractivity contribution >= 4 is 35.0 Å². The summed E-state index contributed by atoms with van der Waals surface area (Å²) in [6, 6.07) is 22.8. The van der Waals surface area contributed by atoms with Crippen molar-refractivity contribution in [3.05, 3.63) is 89.2 Å². The maximum atomic E-state index is 12.7. The maximum absolute atomic E-state index is 12.7. The fourth-order valence-electron chi connectivity index (χ4n) is 3.37. The van der Waals surface area contributed by atoms with Crippen LogP contribution in [0.25, 0.3) is 5.69 Å². The van der Waals surface area contributed by atoms with Gasteiger partial charge in [-0.2, -0.15) is 0 Å². The molecular formula is C25H23ClN4O3S. The van der Waals surface area contributed by atoms with Crippen molar-refractivity contribution < 1.29 is 14.3 Å². The number of anilines is 1. The van der Waals surface area contributed by atoms with Gasteiger partial charge in [-0.1, -0.05) is 53.7 Å². The standard InChI is InChI=1S/C25H23ClN4O3S/c1-32-20-11-9-19(10-12-20)30-23(14-17-6-4-3-5-7-17)28-29-25(30)34-16-24(31)27-21-15-18(26)8-13-22(21)33-2/h3-13,15H,14,16H2,1-2H3,(H,27,31). The van der Waals surface area contributed by atoms with Gasteiger partial charge in [-0.3, -0.25) is 9.36 Å². The third-order valence-corrected chi connectivity index (χ3v) is 6.17. The Bertz CT molecular complexity index is 1260. The fourth-order valence-corrected chi connectivity index (χ4v) is 4.31. The average Bonchev–Trinajstić information content (AvgIpc) is 3.26. The number of carbonyl (C=O) groups is 1. The lowest BCUT2D eigenvalue weighted by atomic mass is 10.1. The van der Waals surface area contributed by atoms with Crippen molar-refractivity contribution in [1.82, 2.24) is 14.8 Å². The van der Waals surface area contributed by atoms with Gasteiger partial charge in [0.1, 0.15) is 17.3 Å². The Balaban J connectivity index is 1.56. The number of nitrogens with one attached hydrogen (secondary N) is 1. The zero-order valence-corrected chi connectivity index (χ0v) is 20.3. The van der Waals surface area contributed by atoms with Crippen LogP contribution in [0, 0.1) is 0 Å². The van der Waals surface area contributed by atoms with E-state index in [0.29, 0.717) is 28.0 Å². The van der Waals surface area contributed by atoms with Gasteiger partial charge in [-0.25, -0.2) is 0 Å². The number of hydrogen-bond donors (Lipinski definition) is 1. The number of amides is 1. The molecule has 0 saturated heterocycles. The third-order valence-electron chi connectivity index (χ3n) is 5.00. The van der Waals surface area contributed by atoms with E-state index in [1.165, 1.54) is 11.8 Å². The number of rotatable bonds is 9. The molecule has 0 aliphatic heterocycles. The van der Waals surface area contributed by atoms with E-state index < -0.39 is 0 Å². The van der Waals surface area contributed by atoms with E-state index in [9.17, 15) is 4.79 Å². The van der Waals surface area contributed by atoms with Crippen LogP contribution in [0.5, 0.6) is 11.5 Å². The van der Waals surface area contributed by atoms with E-state index in [0.717, 1.165) is 22.8 Å². The number of aromatic nitrogens is 3. The van der Waals surface area contributed by atoms with Gasteiger partial charge >= 0.3 is 0 Å². The van der Waals surface area contributed by atoms with Crippen LogP contribution < -0.4 is 14.8 Å². The smallest absolute Gasteiger partial charge is 0.234 e. The minimum atomic E-state index is -0.209. The van der Waals surface area contributed by atoms with Crippen molar-refractivity contribution in [2.24, 2.45) is 0 Å². The van der Waals surface area contributed by atoms with Crippen LogP contribution in [0.15, 0.2) is 78.0 Å². The summed E-state index contributed by atoms with van der Waals surface area (Å²) in [5.41, 5.74) is 2.52. The van der Waals surface area contributed by atoms with Gasteiger partial charge in [0.2, 0.25) is 5.91 Å². The van der Waals surface area contributed by atoms with Gasteiger partial charge in [-0.15, -0.1) is 10.2 Å². The molecule has 34 heavy (non-hydrogen) atoms. The van der Waals surface area contributed by atoms with E-state index in [4.69, 9.17) is 21.1 Å². The summed E-state index contributed by atoms with van der Waals surface area (Å²) >= 11 is 7.37. The SMILES string of the molecule is COc1ccc(-n2c(Cc3ccccc3)nnc2SCC(=O)Nc2cc(Cl)ccc2OC)cc1. The van der Waals surface area contributed by atoms with Crippen LogP contribution in [0.3, 0.4) is 0 Å². The largest absolute Gasteiger partial charge is 0.497 e. The molecule has 0 aliphatic carbocycles. The van der Waals surface area contributed by atoms with Crippen molar-refractivity contribution in [3.63, 3.8) is 0 Å². The molecule has 1 heterocycles. The maximum Gasteiger partial charge on any atom is 0.234 e. The van der Waals surface area contributed by atoms with Crippen LogP contribution in [-0.4, -0.2) is 40.6 Å². The first-order chi connectivity index (χ1) is 16.6. The zero-order valence-electron chi connectivity index (χ0n) is 18.7. The van der Waals surface area contributed by atoms with Crippen molar-refractivity contribution in [1.29, 1.82) is 0 Å². The molecule has 3 aromatic carbocycles. The second-order valence-electron chi connectivity index (χ2n) is 7.28. The van der Waals surface area contributed by atoms with E-state index in [1.807, 2.05) is 59.2 Å². The molecule has 174 valence electrons. The van der Waals surface area contributed by atoms with Gasteiger partial charge in [0, 0.05) is 17.1 Å². The van der Waals surface area contributed by atoms with E-state index in [2.05, 4.69) is 15.5 Å². The Morgan fingerprint density at radius 3 is 2.47 bits per heavy atom. The van der Waals surface area contributed by atoms with Crippen molar-refractivity contribution in [2.45, 2.75) is 11.6 Å². The number of hydrogen-bond acceptors (Lipinski definition) is 6. The van der Waals surface area contributed by atoms with Gasteiger partial charge in [0.25, 0.3) is 0 Å². The lowest BCUT2D eigenvalue weighted by Crippen LogP contribution is -2.15. The highest BCUT2D eigenvalue weighted by atomic mass is 35.5. The first-order valence-electron chi connectivity index (χ1n) is 10.5. The molecule has 0 bridgehead atoms. The Labute approximate surface area is 207 Å². The Morgan fingerprint density at radius 1 is 1.00 bits per heavy atom. The molecule has 7 nitrogen and oxygen atoms in total. The number of carbonyl (C=O) groups excluding carboxylic acids is 1. The van der Waals surface area contributed by atoms with Gasteiger partial charge in [0.15, 0.2) is 5.16 Å². The molecule has 4 rings (SSSR count). The van der Waals surface area contributed by atoms with E-state index >= 15 is 0 Å². The first-order valence-corrected chi connectivity index (χ1v) is 11.8. The van der Waals surface area contributed by atoms with Crippen LogP contribution in [0.1, 0.15) is 11.4 Å². The van der Waals surface area contributed by atoms with E-state index in [1.54, 1.807) is 32.4 Å². The highest BCUT2D eigenvalue weighted by Gasteiger charge is 2.17. The number of halogens is 1. The molecular weight excluding hydrogens is 472 g/mol. The van der Waals surface area contributed by atoms with Crippen LogP contribution in [0.2, 0.25) is 5.02 Å². The first kappa shape index (κ1) is 23.7. The van der Waals surface area contributed by atoms with Gasteiger partial charge in [-0.05, 0) is 48.0 Å². The number of nitrogens with zero attached hydrogens (tertiary/aromatic N) is 3. The van der Waals surface area contributed by atoms with Crippen LogP contribution >= 0.6 is 23.4 Å².